The summed E-state index contributed by atoms with van der Waals surface area (Å²) < 4.78 is 7.54. The molecule has 2 fully saturated rings. The second kappa shape index (κ2) is 9.82. The number of aromatic nitrogens is 1. The van der Waals surface area contributed by atoms with Gasteiger partial charge >= 0.3 is 6.09 Å². The van der Waals surface area contributed by atoms with E-state index in [1.54, 1.807) is 4.90 Å². The number of benzene rings is 1. The summed E-state index contributed by atoms with van der Waals surface area (Å²) in [5.41, 5.74) is 4.09. The average Bonchev–Trinajstić information content (AvgIpc) is 3.18. The van der Waals surface area contributed by atoms with Crippen molar-refractivity contribution in [3.63, 3.8) is 0 Å². The molecule has 3 unspecified atom stereocenters. The molecule has 2 saturated heterocycles. The quantitative estimate of drug-likeness (QED) is 0.711. The van der Waals surface area contributed by atoms with E-state index in [-0.39, 0.29) is 24.0 Å². The van der Waals surface area contributed by atoms with Crippen molar-refractivity contribution in [1.29, 1.82) is 0 Å². The number of hydrogen-bond donors (Lipinski definition) is 1. The highest BCUT2D eigenvalue weighted by Gasteiger charge is 2.41. The van der Waals surface area contributed by atoms with Crippen LogP contribution in [0, 0.1) is 5.92 Å². The van der Waals surface area contributed by atoms with E-state index >= 15 is 0 Å². The Morgan fingerprint density at radius 2 is 1.94 bits per heavy atom. The van der Waals surface area contributed by atoms with Gasteiger partial charge in [0.1, 0.15) is 0 Å². The van der Waals surface area contributed by atoms with Crippen molar-refractivity contribution in [1.82, 2.24) is 24.6 Å². The maximum atomic E-state index is 12.9. The van der Waals surface area contributed by atoms with E-state index in [0.717, 1.165) is 39.1 Å². The monoisotopic (exact) mass is 481 g/mol. The van der Waals surface area contributed by atoms with Gasteiger partial charge in [0, 0.05) is 67.8 Å². The molecule has 1 aromatic heterocycles. The lowest BCUT2D eigenvalue weighted by Gasteiger charge is -2.45. The number of carbonyl (C=O) groups is 2. The number of hydrogen-bond acceptors (Lipinski definition) is 5. The van der Waals surface area contributed by atoms with Gasteiger partial charge in [-0.1, -0.05) is 12.1 Å². The van der Waals surface area contributed by atoms with Crippen LogP contribution in [0.5, 0.6) is 0 Å². The lowest BCUT2D eigenvalue weighted by Crippen LogP contribution is -2.52. The van der Waals surface area contributed by atoms with E-state index in [4.69, 9.17) is 4.74 Å². The van der Waals surface area contributed by atoms with Gasteiger partial charge in [-0.2, -0.15) is 0 Å². The average molecular weight is 482 g/mol. The summed E-state index contributed by atoms with van der Waals surface area (Å²) in [6.07, 6.45) is 4.07. The van der Waals surface area contributed by atoms with Gasteiger partial charge in [-0.15, -0.1) is 0 Å². The number of ether oxygens (including phenoxy) is 1. The molecule has 3 atom stereocenters. The van der Waals surface area contributed by atoms with Crippen molar-refractivity contribution in [2.45, 2.75) is 58.3 Å². The van der Waals surface area contributed by atoms with Gasteiger partial charge in [0.05, 0.1) is 19.2 Å². The van der Waals surface area contributed by atoms with E-state index in [1.807, 2.05) is 20.8 Å². The number of nitrogens with zero attached hydrogens (tertiary/aromatic N) is 4. The van der Waals surface area contributed by atoms with E-state index in [2.05, 4.69) is 51.1 Å². The number of rotatable bonds is 5. The molecular formula is C27H39N5O3. The van der Waals surface area contributed by atoms with E-state index in [1.165, 1.54) is 22.0 Å². The summed E-state index contributed by atoms with van der Waals surface area (Å²) in [7, 11) is 2.18. The highest BCUT2D eigenvalue weighted by atomic mass is 16.6. The largest absolute Gasteiger partial charge is 0.450 e. The molecule has 8 nitrogen and oxygen atoms in total. The highest BCUT2D eigenvalue weighted by Crippen LogP contribution is 2.45. The Kier molecular flexibility index (Phi) is 6.77. The third kappa shape index (κ3) is 4.66. The van der Waals surface area contributed by atoms with Crippen LogP contribution in [0.4, 0.5) is 4.79 Å². The molecule has 3 aliphatic rings. The molecule has 1 aliphatic carbocycles. The minimum Gasteiger partial charge on any atom is -0.450 e. The Bertz CT molecular complexity index is 1090. The van der Waals surface area contributed by atoms with Crippen LogP contribution in [0.15, 0.2) is 24.4 Å². The van der Waals surface area contributed by atoms with Crippen molar-refractivity contribution < 1.29 is 14.3 Å². The molecule has 1 aromatic carbocycles. The molecule has 0 saturated carbocycles. The summed E-state index contributed by atoms with van der Waals surface area (Å²) in [6, 6.07) is 7.28. The molecule has 1 N–H and O–H groups in total. The SMILES string of the molecule is CCOC(=O)N1CCN(Cn2cc3c4c(cccc42)C2CC(C(=O)NC(C)C)CN(C)C2C3)CC1. The summed E-state index contributed by atoms with van der Waals surface area (Å²) in [4.78, 5) is 31.5. The molecule has 8 heteroatoms. The predicted octanol–water partition coefficient (Wildman–Crippen LogP) is 2.86. The van der Waals surface area contributed by atoms with Gasteiger partial charge < -0.3 is 24.4 Å². The second-order valence-electron chi connectivity index (χ2n) is 10.7. The number of fused-ring (bicyclic) bond motifs is 2. The minimum absolute atomic E-state index is 0.0261. The summed E-state index contributed by atoms with van der Waals surface area (Å²) in [6.45, 7) is 11.0. The fourth-order valence-corrected chi connectivity index (χ4v) is 6.33. The lowest BCUT2D eigenvalue weighted by molar-refractivity contribution is -0.128. The van der Waals surface area contributed by atoms with E-state index < -0.39 is 0 Å². The molecular weight excluding hydrogens is 442 g/mol. The van der Waals surface area contributed by atoms with Crippen LogP contribution in [0.1, 0.15) is 44.2 Å². The number of likely N-dealkylation sites (tertiary alicyclic amines) is 1. The Hall–Kier alpha value is -2.58. The molecule has 2 amide bonds. The van der Waals surface area contributed by atoms with Crippen LogP contribution in [0.3, 0.4) is 0 Å². The first-order valence-electron chi connectivity index (χ1n) is 13.1. The van der Waals surface area contributed by atoms with Gasteiger partial charge in [0.25, 0.3) is 0 Å². The fraction of sp³-hybridized carbons (Fsp3) is 0.630. The highest BCUT2D eigenvalue weighted by molar-refractivity contribution is 5.89. The number of amides is 2. The molecule has 190 valence electrons. The van der Waals surface area contributed by atoms with Crippen LogP contribution in [0.2, 0.25) is 0 Å². The molecule has 5 rings (SSSR count). The molecule has 0 radical (unpaired) electrons. The number of carbonyl (C=O) groups excluding carboxylic acids is 2. The Morgan fingerprint density at radius 3 is 2.66 bits per heavy atom. The van der Waals surface area contributed by atoms with Gasteiger partial charge in [-0.05, 0) is 57.9 Å². The number of nitrogens with one attached hydrogen (secondary N) is 1. The molecule has 2 aromatic rings. The van der Waals surface area contributed by atoms with Crippen molar-refractivity contribution in [3.8, 4) is 0 Å². The molecule has 0 spiro atoms. The fourth-order valence-electron chi connectivity index (χ4n) is 6.33. The van der Waals surface area contributed by atoms with Crippen LogP contribution in [-0.2, 0) is 22.6 Å². The van der Waals surface area contributed by atoms with Gasteiger partial charge in [-0.25, -0.2) is 4.79 Å². The zero-order valence-corrected chi connectivity index (χ0v) is 21.5. The number of piperazine rings is 1. The summed E-state index contributed by atoms with van der Waals surface area (Å²) in [5.74, 6) is 0.581. The summed E-state index contributed by atoms with van der Waals surface area (Å²) >= 11 is 0. The third-order valence-electron chi connectivity index (χ3n) is 7.98. The Balaban J connectivity index is 1.35. The molecule has 3 heterocycles. The van der Waals surface area contributed by atoms with E-state index in [0.29, 0.717) is 31.7 Å². The van der Waals surface area contributed by atoms with Crippen LogP contribution >= 0.6 is 0 Å². The zero-order valence-electron chi connectivity index (χ0n) is 21.5. The van der Waals surface area contributed by atoms with Crippen molar-refractivity contribution in [2.75, 3.05) is 46.4 Å². The standard InChI is InChI=1S/C27H39N5O3/c1-5-35-27(34)31-11-9-30(10-12-31)17-32-16-19-14-24-22(21-7-6-8-23(32)25(19)21)13-20(15-29(24)4)26(33)28-18(2)3/h6-8,16,18,20,22,24H,5,9-15,17H2,1-4H3,(H,28,33). The summed E-state index contributed by atoms with van der Waals surface area (Å²) in [5, 5.41) is 4.52. The topological polar surface area (TPSA) is 70.0 Å². The Morgan fingerprint density at radius 1 is 1.17 bits per heavy atom. The first-order valence-corrected chi connectivity index (χ1v) is 13.1. The Labute approximate surface area is 208 Å². The molecule has 2 aliphatic heterocycles. The van der Waals surface area contributed by atoms with Gasteiger partial charge in [0.2, 0.25) is 5.91 Å². The lowest BCUT2D eigenvalue weighted by atomic mass is 9.72. The zero-order chi connectivity index (χ0) is 24.7. The maximum absolute atomic E-state index is 12.9. The molecule has 0 bridgehead atoms. The maximum Gasteiger partial charge on any atom is 0.409 e. The first kappa shape index (κ1) is 24.1. The smallest absolute Gasteiger partial charge is 0.409 e. The number of piperidine rings is 1. The number of likely N-dealkylation sites (N-methyl/N-ethyl adjacent to an activating group) is 1. The minimum atomic E-state index is -0.205. The van der Waals surface area contributed by atoms with Crippen molar-refractivity contribution >= 4 is 22.9 Å². The van der Waals surface area contributed by atoms with Crippen molar-refractivity contribution in [2.24, 2.45) is 5.92 Å². The van der Waals surface area contributed by atoms with Crippen LogP contribution < -0.4 is 5.32 Å². The first-order chi connectivity index (χ1) is 16.9. The van der Waals surface area contributed by atoms with Gasteiger partial charge in [0.15, 0.2) is 0 Å². The third-order valence-corrected chi connectivity index (χ3v) is 7.98. The van der Waals surface area contributed by atoms with Gasteiger partial charge in [-0.3, -0.25) is 9.69 Å². The second-order valence-corrected chi connectivity index (χ2v) is 10.7. The van der Waals surface area contributed by atoms with Crippen molar-refractivity contribution in [3.05, 3.63) is 35.5 Å². The molecule has 35 heavy (non-hydrogen) atoms. The predicted molar refractivity (Wildman–Crippen MR) is 136 cm³/mol. The van der Waals surface area contributed by atoms with E-state index in [9.17, 15) is 9.59 Å². The normalized spacial score (nSPS) is 25.1. The van der Waals surface area contributed by atoms with Crippen LogP contribution in [0.25, 0.3) is 10.9 Å². The van der Waals surface area contributed by atoms with Crippen LogP contribution in [-0.4, -0.2) is 89.7 Å².